The van der Waals surface area contributed by atoms with Crippen molar-refractivity contribution in [1.29, 1.82) is 5.26 Å². The van der Waals surface area contributed by atoms with Crippen molar-refractivity contribution in [3.8, 4) is 17.2 Å². The number of hydrogen-bond donors (Lipinski definition) is 1. The van der Waals surface area contributed by atoms with E-state index in [1.165, 1.54) is 6.33 Å². The minimum atomic E-state index is 0.386. The molecule has 2 heterocycles. The number of nitriles is 1. The van der Waals surface area contributed by atoms with Crippen LogP contribution in [-0.2, 0) is 0 Å². The first-order valence-electron chi connectivity index (χ1n) is 5.65. The molecule has 19 heavy (non-hydrogen) atoms. The molecular formula is C14H9N5. The molecule has 5 heteroatoms. The zero-order valence-corrected chi connectivity index (χ0v) is 9.91. The van der Waals surface area contributed by atoms with Gasteiger partial charge in [-0.1, -0.05) is 6.07 Å². The molecule has 0 radical (unpaired) electrons. The van der Waals surface area contributed by atoms with E-state index in [4.69, 9.17) is 11.0 Å². The van der Waals surface area contributed by atoms with Crippen molar-refractivity contribution in [2.75, 3.05) is 5.73 Å². The van der Waals surface area contributed by atoms with Gasteiger partial charge in [0.05, 0.1) is 5.52 Å². The summed E-state index contributed by atoms with van der Waals surface area (Å²) in [6.07, 6.45) is 3.03. The number of nitrogens with two attached hydrogens (primary N) is 1. The molecule has 1 aromatic carbocycles. The van der Waals surface area contributed by atoms with Crippen molar-refractivity contribution in [1.82, 2.24) is 15.0 Å². The largest absolute Gasteiger partial charge is 0.383 e. The molecule has 0 aliphatic heterocycles. The van der Waals surface area contributed by atoms with Crippen molar-refractivity contribution in [3.63, 3.8) is 0 Å². The third kappa shape index (κ3) is 1.85. The van der Waals surface area contributed by atoms with E-state index >= 15 is 0 Å². The van der Waals surface area contributed by atoms with E-state index in [1.807, 2.05) is 24.3 Å². The van der Waals surface area contributed by atoms with Gasteiger partial charge in [0.2, 0.25) is 0 Å². The van der Waals surface area contributed by atoms with E-state index in [0.29, 0.717) is 11.5 Å². The average molecular weight is 247 g/mol. The van der Waals surface area contributed by atoms with Crippen molar-refractivity contribution in [2.45, 2.75) is 0 Å². The molecular weight excluding hydrogens is 238 g/mol. The van der Waals surface area contributed by atoms with Crippen LogP contribution >= 0.6 is 0 Å². The Morgan fingerprint density at radius 2 is 2.00 bits per heavy atom. The van der Waals surface area contributed by atoms with Crippen LogP contribution in [0, 0.1) is 11.3 Å². The lowest BCUT2D eigenvalue weighted by atomic mass is 10.0. The Balaban J connectivity index is 2.27. The Labute approximate surface area is 109 Å². The van der Waals surface area contributed by atoms with Gasteiger partial charge >= 0.3 is 0 Å². The first kappa shape index (κ1) is 11.1. The zero-order chi connectivity index (χ0) is 13.2. The molecule has 2 N–H and O–H groups in total. The van der Waals surface area contributed by atoms with Gasteiger partial charge in [0, 0.05) is 17.1 Å². The average Bonchev–Trinajstić information content (AvgIpc) is 2.47. The topological polar surface area (TPSA) is 88.5 Å². The molecule has 0 fully saturated rings. The Morgan fingerprint density at radius 1 is 1.11 bits per heavy atom. The first-order valence-corrected chi connectivity index (χ1v) is 5.65. The van der Waals surface area contributed by atoms with Gasteiger partial charge in [-0.25, -0.2) is 15.0 Å². The van der Waals surface area contributed by atoms with E-state index in [9.17, 15) is 0 Å². The molecule has 3 aromatic rings. The summed E-state index contributed by atoms with van der Waals surface area (Å²) in [6, 6.07) is 11.4. The maximum Gasteiger partial charge on any atom is 0.148 e. The fourth-order valence-corrected chi connectivity index (χ4v) is 1.97. The Morgan fingerprint density at radius 3 is 2.84 bits per heavy atom. The summed E-state index contributed by atoms with van der Waals surface area (Å²) in [5, 5.41) is 9.86. The van der Waals surface area contributed by atoms with E-state index < -0.39 is 0 Å². The highest BCUT2D eigenvalue weighted by Gasteiger charge is 2.07. The summed E-state index contributed by atoms with van der Waals surface area (Å²) in [6.45, 7) is 0. The van der Waals surface area contributed by atoms with Gasteiger partial charge in [0.15, 0.2) is 0 Å². The number of rotatable bonds is 1. The fourth-order valence-electron chi connectivity index (χ4n) is 1.97. The van der Waals surface area contributed by atoms with Gasteiger partial charge in [0.25, 0.3) is 0 Å². The van der Waals surface area contributed by atoms with Crippen LogP contribution in [0.3, 0.4) is 0 Å². The van der Waals surface area contributed by atoms with Gasteiger partial charge in [-0.2, -0.15) is 5.26 Å². The molecule has 0 saturated carbocycles. The second kappa shape index (κ2) is 4.35. The molecule has 0 amide bonds. The molecule has 0 saturated heterocycles. The lowest BCUT2D eigenvalue weighted by molar-refractivity contribution is 1.23. The highest BCUT2D eigenvalue weighted by molar-refractivity contribution is 5.91. The fraction of sp³-hybridized carbons (Fsp3) is 0. The number of aromatic nitrogens is 3. The maximum absolute atomic E-state index is 9.09. The SMILES string of the molecule is N#Cc1ncccc1-c1ccc2ncnc(N)c2c1. The number of nitrogen functional groups attached to an aromatic ring is 1. The summed E-state index contributed by atoms with van der Waals surface area (Å²) < 4.78 is 0. The van der Waals surface area contributed by atoms with Gasteiger partial charge in [-0.3, -0.25) is 0 Å². The van der Waals surface area contributed by atoms with Crippen LogP contribution in [0.4, 0.5) is 5.82 Å². The molecule has 0 atom stereocenters. The number of benzene rings is 1. The molecule has 90 valence electrons. The van der Waals surface area contributed by atoms with Crippen LogP contribution in [0.2, 0.25) is 0 Å². The highest BCUT2D eigenvalue weighted by Crippen LogP contribution is 2.26. The Bertz CT molecular complexity index is 804. The summed E-state index contributed by atoms with van der Waals surface area (Å²) in [7, 11) is 0. The van der Waals surface area contributed by atoms with Crippen molar-refractivity contribution in [3.05, 3.63) is 48.5 Å². The number of nitrogens with zero attached hydrogens (tertiary/aromatic N) is 4. The van der Waals surface area contributed by atoms with E-state index in [-0.39, 0.29) is 0 Å². The standard InChI is InChI=1S/C14H9N5/c15-7-13-10(2-1-5-17-13)9-3-4-12-11(6-9)14(16)19-8-18-12/h1-6,8H,(H2,16,18,19). The number of hydrogen-bond acceptors (Lipinski definition) is 5. The van der Waals surface area contributed by atoms with Crippen LogP contribution in [0.25, 0.3) is 22.0 Å². The van der Waals surface area contributed by atoms with Crippen molar-refractivity contribution < 1.29 is 0 Å². The quantitative estimate of drug-likeness (QED) is 0.711. The van der Waals surface area contributed by atoms with E-state index in [2.05, 4.69) is 21.0 Å². The second-order valence-corrected chi connectivity index (χ2v) is 4.00. The molecule has 0 bridgehead atoms. The molecule has 2 aromatic heterocycles. The third-order valence-corrected chi connectivity index (χ3v) is 2.89. The van der Waals surface area contributed by atoms with E-state index in [0.717, 1.165) is 22.0 Å². The molecule has 3 rings (SSSR count). The first-order chi connectivity index (χ1) is 9.29. The van der Waals surface area contributed by atoms with Crippen molar-refractivity contribution in [2.24, 2.45) is 0 Å². The Hall–Kier alpha value is -3.00. The van der Waals surface area contributed by atoms with Crippen LogP contribution in [-0.4, -0.2) is 15.0 Å². The van der Waals surface area contributed by atoms with Crippen LogP contribution < -0.4 is 5.73 Å². The lowest BCUT2D eigenvalue weighted by Crippen LogP contribution is -1.94. The third-order valence-electron chi connectivity index (χ3n) is 2.89. The monoisotopic (exact) mass is 247 g/mol. The number of pyridine rings is 1. The van der Waals surface area contributed by atoms with E-state index in [1.54, 1.807) is 12.3 Å². The normalized spacial score (nSPS) is 10.3. The number of fused-ring (bicyclic) bond motifs is 1. The summed E-state index contributed by atoms with van der Waals surface area (Å²) in [5.74, 6) is 0.425. The van der Waals surface area contributed by atoms with Gasteiger partial charge in [-0.05, 0) is 29.8 Å². The van der Waals surface area contributed by atoms with Crippen LogP contribution in [0.5, 0.6) is 0 Å². The highest BCUT2D eigenvalue weighted by atomic mass is 14.9. The van der Waals surface area contributed by atoms with Crippen LogP contribution in [0.1, 0.15) is 5.69 Å². The Kier molecular flexibility index (Phi) is 2.54. The minimum Gasteiger partial charge on any atom is -0.383 e. The lowest BCUT2D eigenvalue weighted by Gasteiger charge is -2.05. The minimum absolute atomic E-state index is 0.386. The zero-order valence-electron chi connectivity index (χ0n) is 9.91. The van der Waals surface area contributed by atoms with Gasteiger partial charge < -0.3 is 5.73 Å². The molecule has 0 spiro atoms. The second-order valence-electron chi connectivity index (χ2n) is 4.00. The summed E-state index contributed by atoms with van der Waals surface area (Å²) >= 11 is 0. The summed E-state index contributed by atoms with van der Waals surface area (Å²) in [4.78, 5) is 12.2. The molecule has 5 nitrogen and oxygen atoms in total. The maximum atomic E-state index is 9.09. The van der Waals surface area contributed by atoms with Crippen LogP contribution in [0.15, 0.2) is 42.9 Å². The van der Waals surface area contributed by atoms with Gasteiger partial charge in [-0.15, -0.1) is 0 Å². The predicted octanol–water partition coefficient (Wildman–Crippen LogP) is 2.15. The van der Waals surface area contributed by atoms with Crippen molar-refractivity contribution >= 4 is 16.7 Å². The number of anilines is 1. The molecule has 0 aliphatic rings. The molecule has 0 unspecified atom stereocenters. The predicted molar refractivity (Wildman–Crippen MR) is 71.9 cm³/mol. The van der Waals surface area contributed by atoms with Gasteiger partial charge in [0.1, 0.15) is 23.9 Å². The molecule has 0 aliphatic carbocycles. The smallest absolute Gasteiger partial charge is 0.148 e. The summed E-state index contributed by atoms with van der Waals surface area (Å²) in [5.41, 5.74) is 8.65.